The van der Waals surface area contributed by atoms with Crippen LogP contribution in [-0.4, -0.2) is 4.57 Å². The van der Waals surface area contributed by atoms with Crippen molar-refractivity contribution in [2.45, 2.75) is 5.41 Å². The van der Waals surface area contributed by atoms with Gasteiger partial charge >= 0.3 is 0 Å². The maximum Gasteiger partial charge on any atom is 0.137 e. The number of nitrogens with zero attached hydrogens (tertiary/aromatic N) is 2. The fourth-order valence-electron chi connectivity index (χ4n) is 12.4. The van der Waals surface area contributed by atoms with Crippen LogP contribution in [-0.2, 0) is 5.41 Å². The van der Waals surface area contributed by atoms with Gasteiger partial charge in [0.05, 0.1) is 33.2 Å². The average Bonchev–Trinajstić information content (AvgIpc) is 4.20. The molecule has 346 valence electrons. The van der Waals surface area contributed by atoms with Gasteiger partial charge in [0.25, 0.3) is 0 Å². The van der Waals surface area contributed by atoms with E-state index in [9.17, 15) is 0 Å². The second-order valence-corrected chi connectivity index (χ2v) is 19.6. The third kappa shape index (κ3) is 6.33. The van der Waals surface area contributed by atoms with Gasteiger partial charge in [0.15, 0.2) is 0 Å². The van der Waals surface area contributed by atoms with Crippen molar-refractivity contribution >= 4 is 71.6 Å². The van der Waals surface area contributed by atoms with Crippen LogP contribution in [0.3, 0.4) is 0 Å². The molecule has 0 N–H and O–H groups in total. The standard InChI is InChI=1S/C71H46N2O/c1-3-21-52(22-4-1)71(53-23-5-2-6-24-53)62-30-12-9-27-57(62)58-43-41-55(46-63(58)71)72(64-32-16-19-49-18-7-8-26-56(49)64)54-25-15-20-50(44-54)47-36-38-48(39-37-47)51-40-42-60-59-28-10-13-31-65(59)73(67(60)45-51)66-33-17-35-69-70(66)61-29-11-14-34-68(61)74-69/h1-46H. The molecule has 0 saturated carbocycles. The van der Waals surface area contributed by atoms with E-state index in [0.29, 0.717) is 0 Å². The van der Waals surface area contributed by atoms with Gasteiger partial charge in [-0.25, -0.2) is 0 Å². The minimum atomic E-state index is -0.525. The fraction of sp³-hybridized carbons (Fsp3) is 0.0141. The normalized spacial score (nSPS) is 12.7. The number of fused-ring (bicyclic) bond motifs is 10. The molecule has 3 heteroatoms. The van der Waals surface area contributed by atoms with E-state index in [1.54, 1.807) is 0 Å². The van der Waals surface area contributed by atoms with Gasteiger partial charge in [-0.05, 0) is 122 Å². The number of hydrogen-bond acceptors (Lipinski definition) is 2. The Balaban J connectivity index is 0.860. The molecule has 2 heterocycles. The van der Waals surface area contributed by atoms with E-state index < -0.39 is 5.41 Å². The Morgan fingerprint density at radius 3 is 1.73 bits per heavy atom. The molecule has 0 amide bonds. The topological polar surface area (TPSA) is 21.3 Å². The Bertz CT molecular complexity index is 4440. The van der Waals surface area contributed by atoms with E-state index in [1.807, 2.05) is 6.07 Å². The lowest BCUT2D eigenvalue weighted by molar-refractivity contribution is 0.669. The van der Waals surface area contributed by atoms with Crippen LogP contribution in [0, 0.1) is 0 Å². The Hall–Kier alpha value is -9.70. The number of rotatable bonds is 8. The highest BCUT2D eigenvalue weighted by atomic mass is 16.3. The molecular formula is C71H46N2O. The van der Waals surface area contributed by atoms with Crippen molar-refractivity contribution in [2.24, 2.45) is 0 Å². The number of aromatic nitrogens is 1. The predicted octanol–water partition coefficient (Wildman–Crippen LogP) is 19.0. The first-order chi connectivity index (χ1) is 36.7. The number of anilines is 3. The fourth-order valence-corrected chi connectivity index (χ4v) is 12.4. The van der Waals surface area contributed by atoms with Crippen molar-refractivity contribution < 1.29 is 4.42 Å². The zero-order chi connectivity index (χ0) is 48.7. The van der Waals surface area contributed by atoms with Crippen molar-refractivity contribution in [1.29, 1.82) is 0 Å². The molecule has 1 aliphatic rings. The Morgan fingerprint density at radius 1 is 0.338 bits per heavy atom. The summed E-state index contributed by atoms with van der Waals surface area (Å²) in [4.78, 5) is 2.46. The summed E-state index contributed by atoms with van der Waals surface area (Å²) < 4.78 is 8.81. The molecule has 14 aromatic rings. The zero-order valence-electron chi connectivity index (χ0n) is 40.4. The van der Waals surface area contributed by atoms with Gasteiger partial charge in [-0.1, -0.05) is 218 Å². The molecule has 0 unspecified atom stereocenters. The molecule has 0 radical (unpaired) electrons. The molecule has 0 saturated heterocycles. The highest BCUT2D eigenvalue weighted by molar-refractivity contribution is 6.15. The lowest BCUT2D eigenvalue weighted by atomic mass is 9.67. The molecule has 0 aliphatic heterocycles. The van der Waals surface area contributed by atoms with Gasteiger partial charge in [0.1, 0.15) is 11.2 Å². The van der Waals surface area contributed by atoms with Crippen LogP contribution in [0.15, 0.2) is 283 Å². The van der Waals surface area contributed by atoms with Crippen LogP contribution in [0.2, 0.25) is 0 Å². The van der Waals surface area contributed by atoms with Crippen molar-refractivity contribution in [2.75, 3.05) is 4.90 Å². The monoisotopic (exact) mass is 942 g/mol. The maximum atomic E-state index is 6.39. The van der Waals surface area contributed by atoms with E-state index in [-0.39, 0.29) is 0 Å². The van der Waals surface area contributed by atoms with Gasteiger partial charge in [-0.15, -0.1) is 0 Å². The largest absolute Gasteiger partial charge is 0.456 e. The van der Waals surface area contributed by atoms with Crippen molar-refractivity contribution in [1.82, 2.24) is 4.57 Å². The quantitative estimate of drug-likeness (QED) is 0.151. The van der Waals surface area contributed by atoms with Crippen molar-refractivity contribution in [3.8, 4) is 39.1 Å². The zero-order valence-corrected chi connectivity index (χ0v) is 40.4. The second-order valence-electron chi connectivity index (χ2n) is 19.6. The molecule has 0 spiro atoms. The molecule has 0 atom stereocenters. The first kappa shape index (κ1) is 42.0. The van der Waals surface area contributed by atoms with Crippen LogP contribution in [0.1, 0.15) is 22.3 Å². The molecule has 1 aliphatic carbocycles. The SMILES string of the molecule is c1ccc(C2(c3ccccc3)c3ccccc3-c3ccc(N(c4cccc(-c5ccc(-c6ccc7c8ccccc8n(-c8cccc9oc%10ccccc%10c89)c7c6)cc5)c4)c4cccc5ccccc45)cc32)cc1. The lowest BCUT2D eigenvalue weighted by Gasteiger charge is -2.35. The summed E-state index contributed by atoms with van der Waals surface area (Å²) >= 11 is 0. The number of hydrogen-bond donors (Lipinski definition) is 0. The predicted molar refractivity (Wildman–Crippen MR) is 308 cm³/mol. The van der Waals surface area contributed by atoms with Gasteiger partial charge in [0, 0.05) is 32.9 Å². The minimum Gasteiger partial charge on any atom is -0.456 e. The summed E-state index contributed by atoms with van der Waals surface area (Å²) in [5.41, 5.74) is 20.2. The van der Waals surface area contributed by atoms with Crippen LogP contribution in [0.5, 0.6) is 0 Å². The highest BCUT2D eigenvalue weighted by Gasteiger charge is 2.46. The first-order valence-electron chi connectivity index (χ1n) is 25.5. The summed E-state index contributed by atoms with van der Waals surface area (Å²) in [5.74, 6) is 0. The summed E-state index contributed by atoms with van der Waals surface area (Å²) in [6.45, 7) is 0. The van der Waals surface area contributed by atoms with Crippen LogP contribution in [0.4, 0.5) is 17.1 Å². The molecule has 0 fully saturated rings. The Labute approximate surface area is 429 Å². The summed E-state index contributed by atoms with van der Waals surface area (Å²) in [5, 5.41) is 7.07. The highest BCUT2D eigenvalue weighted by Crippen LogP contribution is 2.57. The number of benzene rings is 12. The van der Waals surface area contributed by atoms with E-state index in [4.69, 9.17) is 4.42 Å². The first-order valence-corrected chi connectivity index (χ1v) is 25.5. The third-order valence-electron chi connectivity index (χ3n) is 15.7. The van der Waals surface area contributed by atoms with Crippen molar-refractivity contribution in [3.63, 3.8) is 0 Å². The van der Waals surface area contributed by atoms with Gasteiger partial charge < -0.3 is 13.9 Å². The number of furan rings is 1. The third-order valence-corrected chi connectivity index (χ3v) is 15.7. The average molecular weight is 943 g/mol. The van der Waals surface area contributed by atoms with Gasteiger partial charge in [0.2, 0.25) is 0 Å². The number of para-hydroxylation sites is 2. The van der Waals surface area contributed by atoms with E-state index in [1.165, 1.54) is 60.4 Å². The minimum absolute atomic E-state index is 0.525. The molecule has 2 aromatic heterocycles. The molecule has 0 bridgehead atoms. The summed E-state index contributed by atoms with van der Waals surface area (Å²) in [6, 6.07) is 102. The lowest BCUT2D eigenvalue weighted by Crippen LogP contribution is -2.28. The second kappa shape index (κ2) is 16.7. The van der Waals surface area contributed by atoms with E-state index in [2.05, 4.69) is 282 Å². The van der Waals surface area contributed by atoms with E-state index in [0.717, 1.165) is 72.5 Å². The molecule has 74 heavy (non-hydrogen) atoms. The van der Waals surface area contributed by atoms with Crippen LogP contribution < -0.4 is 4.90 Å². The summed E-state index contributed by atoms with van der Waals surface area (Å²) in [7, 11) is 0. The summed E-state index contributed by atoms with van der Waals surface area (Å²) in [6.07, 6.45) is 0. The Morgan fingerprint density at radius 2 is 0.919 bits per heavy atom. The molecule has 15 rings (SSSR count). The maximum absolute atomic E-state index is 6.39. The van der Waals surface area contributed by atoms with E-state index >= 15 is 0 Å². The van der Waals surface area contributed by atoms with Crippen molar-refractivity contribution in [3.05, 3.63) is 301 Å². The molecule has 3 nitrogen and oxygen atoms in total. The molecular weight excluding hydrogens is 897 g/mol. The Kier molecular flexibility index (Phi) is 9.48. The van der Waals surface area contributed by atoms with Gasteiger partial charge in [-0.3, -0.25) is 0 Å². The smallest absolute Gasteiger partial charge is 0.137 e. The van der Waals surface area contributed by atoms with Crippen LogP contribution >= 0.6 is 0 Å². The van der Waals surface area contributed by atoms with Crippen LogP contribution in [0.25, 0.3) is 93.6 Å². The van der Waals surface area contributed by atoms with Gasteiger partial charge in [-0.2, -0.15) is 0 Å². The molecule has 12 aromatic carbocycles.